The van der Waals surface area contributed by atoms with Crippen LogP contribution in [0.4, 0.5) is 5.69 Å². The zero-order valence-electron chi connectivity index (χ0n) is 18.1. The number of ether oxygens (including phenoxy) is 3. The van der Waals surface area contributed by atoms with Crippen molar-refractivity contribution in [1.29, 1.82) is 0 Å². The number of methoxy groups -OCH3 is 1. The largest absolute Gasteiger partial charge is 0.497 e. The summed E-state index contributed by atoms with van der Waals surface area (Å²) in [6, 6.07) is 12.5. The first-order chi connectivity index (χ1) is 16.6. The first-order valence-corrected chi connectivity index (χ1v) is 11.3. The summed E-state index contributed by atoms with van der Waals surface area (Å²) in [6.45, 7) is 0.383. The number of amides is 1. The van der Waals surface area contributed by atoms with Gasteiger partial charge in [-0.25, -0.2) is 15.0 Å². The van der Waals surface area contributed by atoms with Gasteiger partial charge in [-0.15, -0.1) is 0 Å². The van der Waals surface area contributed by atoms with Gasteiger partial charge < -0.3 is 19.5 Å². The van der Waals surface area contributed by atoms with Gasteiger partial charge in [-0.1, -0.05) is 17.8 Å². The van der Waals surface area contributed by atoms with Gasteiger partial charge in [0.2, 0.25) is 12.7 Å². The first-order valence-electron chi connectivity index (χ1n) is 10.3. The summed E-state index contributed by atoms with van der Waals surface area (Å²) in [5.41, 5.74) is 1.51. The molecule has 0 fully saturated rings. The number of thioether (sulfide) groups is 1. The van der Waals surface area contributed by atoms with Gasteiger partial charge in [0.05, 0.1) is 19.4 Å². The molecule has 0 bridgehead atoms. The Morgan fingerprint density at radius 3 is 2.74 bits per heavy atom. The predicted octanol–water partition coefficient (Wildman–Crippen LogP) is 2.70. The van der Waals surface area contributed by atoms with Crippen LogP contribution in [-0.2, 0) is 11.3 Å². The van der Waals surface area contributed by atoms with Crippen molar-refractivity contribution >= 4 is 34.5 Å². The number of aromatic nitrogens is 4. The molecule has 2 aromatic carbocycles. The van der Waals surface area contributed by atoms with Gasteiger partial charge in [0.15, 0.2) is 27.8 Å². The van der Waals surface area contributed by atoms with Crippen LogP contribution in [0.1, 0.15) is 5.56 Å². The number of nitrogens with one attached hydrogen (secondary N) is 1. The van der Waals surface area contributed by atoms with Crippen molar-refractivity contribution in [2.24, 2.45) is 0 Å². The van der Waals surface area contributed by atoms with E-state index in [0.29, 0.717) is 28.1 Å². The number of fused-ring (bicyclic) bond motifs is 2. The quantitative estimate of drug-likeness (QED) is 0.317. The Labute approximate surface area is 197 Å². The Morgan fingerprint density at radius 2 is 1.91 bits per heavy atom. The van der Waals surface area contributed by atoms with E-state index in [1.807, 2.05) is 12.1 Å². The minimum Gasteiger partial charge on any atom is -0.497 e. The Bertz CT molecular complexity index is 1420. The molecule has 4 aromatic rings. The van der Waals surface area contributed by atoms with Crippen molar-refractivity contribution in [2.45, 2.75) is 11.7 Å². The number of benzene rings is 2. The number of anilines is 1. The van der Waals surface area contributed by atoms with Gasteiger partial charge in [0, 0.05) is 18.1 Å². The normalized spacial score (nSPS) is 12.0. The number of hydrogen-bond donors (Lipinski definition) is 1. The fourth-order valence-electron chi connectivity index (χ4n) is 3.40. The first kappa shape index (κ1) is 21.7. The summed E-state index contributed by atoms with van der Waals surface area (Å²) in [5.74, 6) is 1.78. The van der Waals surface area contributed by atoms with E-state index in [2.05, 4.69) is 20.3 Å². The van der Waals surface area contributed by atoms with Gasteiger partial charge in [-0.05, 0) is 42.0 Å². The summed E-state index contributed by atoms with van der Waals surface area (Å²) in [4.78, 5) is 38.6. The van der Waals surface area contributed by atoms with Crippen LogP contribution in [0.15, 0.2) is 64.8 Å². The van der Waals surface area contributed by atoms with Crippen molar-refractivity contribution in [1.82, 2.24) is 19.5 Å². The Kier molecular flexibility index (Phi) is 6.00. The van der Waals surface area contributed by atoms with Crippen LogP contribution in [0.2, 0.25) is 0 Å². The molecule has 172 valence electrons. The van der Waals surface area contributed by atoms with Gasteiger partial charge in [0.1, 0.15) is 5.75 Å². The van der Waals surface area contributed by atoms with Crippen LogP contribution in [0.3, 0.4) is 0 Å². The topological polar surface area (TPSA) is 117 Å². The molecule has 3 heterocycles. The smallest absolute Gasteiger partial charge is 0.282 e. The number of nitrogens with zero attached hydrogens (tertiary/aromatic N) is 4. The fourth-order valence-corrected chi connectivity index (χ4v) is 4.19. The molecule has 1 aliphatic heterocycles. The van der Waals surface area contributed by atoms with Crippen molar-refractivity contribution in [2.75, 3.05) is 25.0 Å². The van der Waals surface area contributed by atoms with Crippen LogP contribution in [0, 0.1) is 0 Å². The second kappa shape index (κ2) is 9.40. The maximum absolute atomic E-state index is 13.2. The minimum atomic E-state index is -0.339. The van der Waals surface area contributed by atoms with E-state index in [4.69, 9.17) is 14.2 Å². The second-order valence-corrected chi connectivity index (χ2v) is 8.21. The summed E-state index contributed by atoms with van der Waals surface area (Å²) < 4.78 is 17.4. The highest BCUT2D eigenvalue weighted by atomic mass is 32.2. The van der Waals surface area contributed by atoms with E-state index in [1.54, 1.807) is 37.4 Å². The Hall–Kier alpha value is -4.12. The molecule has 1 amide bonds. The number of hydrogen-bond acceptors (Lipinski definition) is 9. The van der Waals surface area contributed by atoms with Crippen LogP contribution in [-0.4, -0.2) is 45.1 Å². The van der Waals surface area contributed by atoms with Crippen LogP contribution in [0.5, 0.6) is 17.2 Å². The van der Waals surface area contributed by atoms with E-state index < -0.39 is 0 Å². The van der Waals surface area contributed by atoms with Crippen LogP contribution < -0.4 is 25.1 Å². The molecule has 0 saturated carbocycles. The fraction of sp³-hybridized carbons (Fsp3) is 0.174. The zero-order chi connectivity index (χ0) is 23.5. The highest BCUT2D eigenvalue weighted by Crippen LogP contribution is 2.33. The molecule has 1 aliphatic rings. The summed E-state index contributed by atoms with van der Waals surface area (Å²) in [6.07, 6.45) is 2.92. The molecule has 2 aromatic heterocycles. The SMILES string of the molecule is COc1ccc(NC(=O)CSc2nc3nccnc3c(=O)n2Cc2ccc3c(c2)OCO3)cc1. The number of rotatable bonds is 7. The van der Waals surface area contributed by atoms with Gasteiger partial charge in [-0.2, -0.15) is 0 Å². The molecule has 1 N–H and O–H groups in total. The molecule has 34 heavy (non-hydrogen) atoms. The standard InChI is InChI=1S/C23H19N5O5S/c1-31-16-5-3-15(4-6-16)26-19(29)12-34-23-27-21-20(24-8-9-25-21)22(30)28(23)11-14-2-7-17-18(10-14)33-13-32-17/h2-10H,11-13H2,1H3,(H,26,29). The third-order valence-electron chi connectivity index (χ3n) is 5.04. The van der Waals surface area contributed by atoms with Gasteiger partial charge >= 0.3 is 0 Å². The molecular formula is C23H19N5O5S. The second-order valence-electron chi connectivity index (χ2n) is 7.27. The van der Waals surface area contributed by atoms with E-state index >= 15 is 0 Å². The van der Waals surface area contributed by atoms with Crippen molar-refractivity contribution in [3.8, 4) is 17.2 Å². The van der Waals surface area contributed by atoms with Gasteiger partial charge in [0.25, 0.3) is 5.56 Å². The monoisotopic (exact) mass is 477 g/mol. The van der Waals surface area contributed by atoms with Crippen LogP contribution in [0.25, 0.3) is 11.2 Å². The molecular weight excluding hydrogens is 458 g/mol. The van der Waals surface area contributed by atoms with Gasteiger partial charge in [-0.3, -0.25) is 14.2 Å². The van der Waals surface area contributed by atoms with Crippen LogP contribution >= 0.6 is 11.8 Å². The van der Waals surface area contributed by atoms with Crippen molar-refractivity contribution in [3.63, 3.8) is 0 Å². The molecule has 0 unspecified atom stereocenters. The summed E-state index contributed by atoms with van der Waals surface area (Å²) in [7, 11) is 1.58. The average Bonchev–Trinajstić information content (AvgIpc) is 3.33. The average molecular weight is 478 g/mol. The lowest BCUT2D eigenvalue weighted by atomic mass is 10.2. The highest BCUT2D eigenvalue weighted by Gasteiger charge is 2.18. The Balaban J connectivity index is 1.40. The molecule has 0 saturated heterocycles. The third-order valence-corrected chi connectivity index (χ3v) is 6.02. The predicted molar refractivity (Wildman–Crippen MR) is 126 cm³/mol. The molecule has 11 heteroatoms. The lowest BCUT2D eigenvalue weighted by Crippen LogP contribution is -2.25. The van der Waals surface area contributed by atoms with E-state index in [-0.39, 0.29) is 41.7 Å². The zero-order valence-corrected chi connectivity index (χ0v) is 18.9. The molecule has 0 spiro atoms. The van der Waals surface area contributed by atoms with E-state index in [9.17, 15) is 9.59 Å². The maximum Gasteiger partial charge on any atom is 0.282 e. The highest BCUT2D eigenvalue weighted by molar-refractivity contribution is 7.99. The third kappa shape index (κ3) is 4.50. The van der Waals surface area contributed by atoms with Crippen molar-refractivity contribution in [3.05, 3.63) is 70.8 Å². The number of carbonyl (C=O) groups excluding carboxylic acids is 1. The Morgan fingerprint density at radius 1 is 1.12 bits per heavy atom. The molecule has 0 aliphatic carbocycles. The molecule has 0 atom stereocenters. The summed E-state index contributed by atoms with van der Waals surface area (Å²) in [5, 5.41) is 3.19. The van der Waals surface area contributed by atoms with E-state index in [1.165, 1.54) is 17.0 Å². The lowest BCUT2D eigenvalue weighted by Gasteiger charge is -2.13. The molecule has 0 radical (unpaired) electrons. The minimum absolute atomic E-state index is 0.0470. The van der Waals surface area contributed by atoms with E-state index in [0.717, 1.165) is 17.3 Å². The molecule has 10 nitrogen and oxygen atoms in total. The summed E-state index contributed by atoms with van der Waals surface area (Å²) >= 11 is 1.15. The molecule has 5 rings (SSSR count). The maximum atomic E-state index is 13.2. The van der Waals surface area contributed by atoms with Crippen molar-refractivity contribution < 1.29 is 19.0 Å². The lowest BCUT2D eigenvalue weighted by molar-refractivity contribution is -0.113. The number of carbonyl (C=O) groups is 1.